The lowest BCUT2D eigenvalue weighted by molar-refractivity contribution is -0.118. The molecule has 1 heterocycles. The molecule has 0 bridgehead atoms. The van der Waals surface area contributed by atoms with Crippen molar-refractivity contribution in [3.63, 3.8) is 0 Å². The van der Waals surface area contributed by atoms with Crippen LogP contribution in [0.15, 0.2) is 29.4 Å². The first-order valence-electron chi connectivity index (χ1n) is 8.25. The second-order valence-corrected chi connectivity index (χ2v) is 7.02. The van der Waals surface area contributed by atoms with Crippen molar-refractivity contribution in [3.8, 4) is 0 Å². The molecule has 1 aromatic carbocycles. The summed E-state index contributed by atoms with van der Waals surface area (Å²) in [5.41, 5.74) is 0.479. The summed E-state index contributed by atoms with van der Waals surface area (Å²) in [5, 5.41) is 10.4. The van der Waals surface area contributed by atoms with E-state index in [1.165, 1.54) is 43.5 Å². The highest BCUT2D eigenvalue weighted by Gasteiger charge is 2.17. The number of carbonyl (C=O) groups excluding carboxylic acids is 1. The standard InChI is InChI=1S/C17H21FN4OS/c18-14-8-4-3-7-13(14)10-19-16(23)11-24-17-20-15(21-22-17)9-12-5-1-2-6-12/h3-4,7-8,12H,1-2,5-6,9-11H2,(H,19,23)(H,20,21,22). The number of carbonyl (C=O) groups is 1. The quantitative estimate of drug-likeness (QED) is 0.755. The maximum Gasteiger partial charge on any atom is 0.230 e. The highest BCUT2D eigenvalue weighted by molar-refractivity contribution is 7.99. The first-order valence-corrected chi connectivity index (χ1v) is 9.23. The van der Waals surface area contributed by atoms with Gasteiger partial charge in [-0.05, 0) is 12.0 Å². The van der Waals surface area contributed by atoms with Crippen molar-refractivity contribution in [2.24, 2.45) is 5.92 Å². The number of nitrogens with zero attached hydrogens (tertiary/aromatic N) is 2. The number of aromatic amines is 1. The molecule has 1 saturated carbocycles. The Kier molecular flexibility index (Phi) is 5.85. The van der Waals surface area contributed by atoms with Crippen molar-refractivity contribution in [1.82, 2.24) is 20.5 Å². The summed E-state index contributed by atoms with van der Waals surface area (Å²) in [6.45, 7) is 0.187. The summed E-state index contributed by atoms with van der Waals surface area (Å²) >= 11 is 1.29. The molecule has 0 saturated heterocycles. The van der Waals surface area contributed by atoms with Crippen molar-refractivity contribution in [3.05, 3.63) is 41.5 Å². The van der Waals surface area contributed by atoms with Crippen molar-refractivity contribution in [1.29, 1.82) is 0 Å². The molecule has 5 nitrogen and oxygen atoms in total. The van der Waals surface area contributed by atoms with Crippen molar-refractivity contribution >= 4 is 17.7 Å². The van der Waals surface area contributed by atoms with Gasteiger partial charge in [-0.15, -0.1) is 5.10 Å². The minimum absolute atomic E-state index is 0.162. The Bertz CT molecular complexity index is 685. The molecule has 0 spiro atoms. The zero-order valence-corrected chi connectivity index (χ0v) is 14.2. The lowest BCUT2D eigenvalue weighted by Gasteiger charge is -2.05. The summed E-state index contributed by atoms with van der Waals surface area (Å²) in [4.78, 5) is 16.3. The van der Waals surface area contributed by atoms with Gasteiger partial charge in [-0.25, -0.2) is 9.37 Å². The van der Waals surface area contributed by atoms with Crippen LogP contribution in [-0.4, -0.2) is 26.8 Å². The van der Waals surface area contributed by atoms with Crippen molar-refractivity contribution in [2.45, 2.75) is 43.8 Å². The van der Waals surface area contributed by atoms with E-state index in [0.29, 0.717) is 16.6 Å². The minimum Gasteiger partial charge on any atom is -0.351 e. The monoisotopic (exact) mass is 348 g/mol. The van der Waals surface area contributed by atoms with Gasteiger partial charge >= 0.3 is 0 Å². The number of hydrogen-bond acceptors (Lipinski definition) is 4. The normalized spacial score (nSPS) is 14.9. The molecule has 2 N–H and O–H groups in total. The Morgan fingerprint density at radius 3 is 2.92 bits per heavy atom. The fraction of sp³-hybridized carbons (Fsp3) is 0.471. The van der Waals surface area contributed by atoms with Crippen LogP contribution in [0.3, 0.4) is 0 Å². The predicted octanol–water partition coefficient (Wildman–Crippen LogP) is 3.09. The summed E-state index contributed by atoms with van der Waals surface area (Å²) in [6, 6.07) is 6.42. The number of nitrogens with one attached hydrogen (secondary N) is 2. The lowest BCUT2D eigenvalue weighted by Crippen LogP contribution is -2.25. The van der Waals surface area contributed by atoms with Crippen LogP contribution in [-0.2, 0) is 17.8 Å². The van der Waals surface area contributed by atoms with Gasteiger partial charge in [0.2, 0.25) is 11.1 Å². The lowest BCUT2D eigenvalue weighted by atomic mass is 10.0. The maximum absolute atomic E-state index is 13.5. The first-order chi connectivity index (χ1) is 11.7. The molecule has 3 rings (SSSR count). The summed E-state index contributed by atoms with van der Waals surface area (Å²) in [5.74, 6) is 1.35. The van der Waals surface area contributed by atoms with E-state index >= 15 is 0 Å². The van der Waals surface area contributed by atoms with Gasteiger partial charge in [0.25, 0.3) is 0 Å². The molecule has 24 heavy (non-hydrogen) atoms. The van der Waals surface area contributed by atoms with E-state index in [4.69, 9.17) is 0 Å². The Morgan fingerprint density at radius 2 is 2.12 bits per heavy atom. The summed E-state index contributed by atoms with van der Waals surface area (Å²) in [6.07, 6.45) is 6.08. The Labute approximate surface area is 144 Å². The third-order valence-electron chi connectivity index (χ3n) is 4.23. The number of benzene rings is 1. The van der Waals surface area contributed by atoms with Gasteiger partial charge in [-0.3, -0.25) is 9.89 Å². The van der Waals surface area contributed by atoms with Crippen LogP contribution in [0, 0.1) is 11.7 Å². The molecule has 0 unspecified atom stereocenters. The molecule has 128 valence electrons. The fourth-order valence-electron chi connectivity index (χ4n) is 2.94. The molecular formula is C17H21FN4OS. The number of H-pyrrole nitrogens is 1. The fourth-order valence-corrected chi connectivity index (χ4v) is 3.59. The number of halogens is 1. The van der Waals surface area contributed by atoms with Crippen LogP contribution in [0.25, 0.3) is 0 Å². The van der Waals surface area contributed by atoms with E-state index < -0.39 is 0 Å². The SMILES string of the molecule is O=C(CSc1n[nH]c(CC2CCCC2)n1)NCc1ccccc1F. The smallest absolute Gasteiger partial charge is 0.230 e. The number of thioether (sulfide) groups is 1. The largest absolute Gasteiger partial charge is 0.351 e. The molecule has 0 radical (unpaired) electrons. The van der Waals surface area contributed by atoms with Gasteiger partial charge in [0, 0.05) is 18.5 Å². The van der Waals surface area contributed by atoms with Gasteiger partial charge in [0.15, 0.2) is 0 Å². The molecule has 2 aromatic rings. The average Bonchev–Trinajstić information content (AvgIpc) is 3.24. The highest BCUT2D eigenvalue weighted by Crippen LogP contribution is 2.27. The highest BCUT2D eigenvalue weighted by atomic mass is 32.2. The molecule has 1 fully saturated rings. The van der Waals surface area contributed by atoms with Gasteiger partial charge in [0.1, 0.15) is 11.6 Å². The van der Waals surface area contributed by atoms with Gasteiger partial charge in [0.05, 0.1) is 5.75 Å². The van der Waals surface area contributed by atoms with E-state index in [-0.39, 0.29) is 24.0 Å². The van der Waals surface area contributed by atoms with Crippen LogP contribution in [0.4, 0.5) is 4.39 Å². The van der Waals surface area contributed by atoms with E-state index in [9.17, 15) is 9.18 Å². The van der Waals surface area contributed by atoms with Crippen LogP contribution < -0.4 is 5.32 Å². The topological polar surface area (TPSA) is 70.7 Å². The Hall–Kier alpha value is -1.89. The first kappa shape index (κ1) is 17.0. The second kappa shape index (κ2) is 8.28. The third kappa shape index (κ3) is 4.80. The van der Waals surface area contributed by atoms with Crippen LogP contribution in [0.2, 0.25) is 0 Å². The number of amides is 1. The molecule has 1 aliphatic rings. The van der Waals surface area contributed by atoms with Crippen LogP contribution >= 0.6 is 11.8 Å². The zero-order valence-electron chi connectivity index (χ0n) is 13.4. The minimum atomic E-state index is -0.309. The zero-order chi connectivity index (χ0) is 16.8. The van der Waals surface area contributed by atoms with E-state index in [2.05, 4.69) is 20.5 Å². The Balaban J connectivity index is 1.41. The molecule has 0 aliphatic heterocycles. The summed E-state index contributed by atoms with van der Waals surface area (Å²) < 4.78 is 13.5. The number of hydrogen-bond donors (Lipinski definition) is 2. The average molecular weight is 348 g/mol. The predicted molar refractivity (Wildman–Crippen MR) is 91.0 cm³/mol. The van der Waals surface area contributed by atoms with Gasteiger partial charge < -0.3 is 5.32 Å². The molecule has 1 aliphatic carbocycles. The summed E-state index contributed by atoms with van der Waals surface area (Å²) in [7, 11) is 0. The van der Waals surface area contributed by atoms with Crippen LogP contribution in [0.1, 0.15) is 37.1 Å². The third-order valence-corrected chi connectivity index (χ3v) is 5.08. The van der Waals surface area contributed by atoms with Crippen molar-refractivity contribution < 1.29 is 9.18 Å². The Morgan fingerprint density at radius 1 is 1.33 bits per heavy atom. The molecule has 1 aromatic heterocycles. The van der Waals surface area contributed by atoms with E-state index in [0.717, 1.165) is 12.2 Å². The van der Waals surface area contributed by atoms with Gasteiger partial charge in [-0.2, -0.15) is 0 Å². The number of aromatic nitrogens is 3. The van der Waals surface area contributed by atoms with Gasteiger partial charge in [-0.1, -0.05) is 55.6 Å². The second-order valence-electron chi connectivity index (χ2n) is 6.08. The maximum atomic E-state index is 13.5. The van der Waals surface area contributed by atoms with Crippen LogP contribution in [0.5, 0.6) is 0 Å². The molecular weight excluding hydrogens is 327 g/mol. The molecule has 0 atom stereocenters. The number of rotatable bonds is 7. The van der Waals surface area contributed by atoms with E-state index in [1.54, 1.807) is 18.2 Å². The van der Waals surface area contributed by atoms with E-state index in [1.807, 2.05) is 0 Å². The van der Waals surface area contributed by atoms with Crippen molar-refractivity contribution in [2.75, 3.05) is 5.75 Å². The molecule has 1 amide bonds. The molecule has 7 heteroatoms.